The first kappa shape index (κ1) is 14.7. The third-order valence-corrected chi connectivity index (χ3v) is 3.35. The monoisotopic (exact) mass is 362 g/mol. The number of carboxylic acid groups (broad SMARTS) is 1. The Morgan fingerprint density at radius 1 is 1.39 bits per heavy atom. The van der Waals surface area contributed by atoms with Gasteiger partial charge in [-0.25, -0.2) is 4.79 Å². The smallest absolute Gasteiger partial charge is 0.319 e. The lowest BCUT2D eigenvalue weighted by Gasteiger charge is -2.10. The molecule has 0 aromatic heterocycles. The molecule has 1 aromatic rings. The number of anilines is 1. The van der Waals surface area contributed by atoms with Crippen LogP contribution in [0.25, 0.3) is 0 Å². The van der Waals surface area contributed by atoms with E-state index in [1.807, 2.05) is 18.2 Å². The summed E-state index contributed by atoms with van der Waals surface area (Å²) in [7, 11) is 0. The fourth-order valence-electron chi connectivity index (χ4n) is 1.25. The van der Waals surface area contributed by atoms with Crippen LogP contribution in [0.1, 0.15) is 13.3 Å². The Kier molecular flexibility index (Phi) is 5.90. The van der Waals surface area contributed by atoms with Gasteiger partial charge in [-0.05, 0) is 41.1 Å². The van der Waals surface area contributed by atoms with Crippen LogP contribution in [0.4, 0.5) is 10.5 Å². The molecule has 2 amide bonds. The predicted octanol–water partition coefficient (Wildman–Crippen LogP) is 2.52. The van der Waals surface area contributed by atoms with Crippen LogP contribution in [-0.4, -0.2) is 23.7 Å². The molecule has 0 aliphatic heterocycles. The minimum Gasteiger partial charge on any atom is -0.481 e. The predicted molar refractivity (Wildman–Crippen MR) is 77.6 cm³/mol. The number of aliphatic carboxylic acids is 1. The molecule has 0 spiro atoms. The van der Waals surface area contributed by atoms with Crippen molar-refractivity contribution >= 4 is 40.3 Å². The van der Waals surface area contributed by atoms with Crippen molar-refractivity contribution in [3.05, 3.63) is 27.8 Å². The van der Waals surface area contributed by atoms with E-state index >= 15 is 0 Å². The molecule has 3 N–H and O–H groups in total. The molecule has 18 heavy (non-hydrogen) atoms. The Bertz CT molecular complexity index is 437. The first-order chi connectivity index (χ1) is 8.50. The molecule has 6 heteroatoms. The number of halogens is 1. The Balaban J connectivity index is 2.35. The van der Waals surface area contributed by atoms with Crippen molar-refractivity contribution in [2.75, 3.05) is 11.9 Å². The molecule has 0 aliphatic rings. The van der Waals surface area contributed by atoms with E-state index in [4.69, 9.17) is 5.11 Å². The van der Waals surface area contributed by atoms with Crippen molar-refractivity contribution in [1.29, 1.82) is 0 Å². The van der Waals surface area contributed by atoms with Crippen molar-refractivity contribution < 1.29 is 14.7 Å². The number of carboxylic acids is 1. The van der Waals surface area contributed by atoms with Gasteiger partial charge in [0, 0.05) is 10.1 Å². The Morgan fingerprint density at radius 3 is 2.67 bits per heavy atom. The normalized spacial score (nSPS) is 11.7. The number of para-hydroxylation sites is 1. The maximum Gasteiger partial charge on any atom is 0.319 e. The molecule has 5 nitrogen and oxygen atoms in total. The summed E-state index contributed by atoms with van der Waals surface area (Å²) < 4.78 is 0.948. The van der Waals surface area contributed by atoms with Gasteiger partial charge in [-0.1, -0.05) is 19.1 Å². The van der Waals surface area contributed by atoms with E-state index in [0.29, 0.717) is 13.0 Å². The second-order valence-corrected chi connectivity index (χ2v) is 5.05. The zero-order valence-electron chi connectivity index (χ0n) is 9.94. The van der Waals surface area contributed by atoms with Gasteiger partial charge in [-0.2, -0.15) is 0 Å². The zero-order chi connectivity index (χ0) is 13.5. The van der Waals surface area contributed by atoms with E-state index < -0.39 is 11.9 Å². The van der Waals surface area contributed by atoms with Crippen LogP contribution in [0.5, 0.6) is 0 Å². The summed E-state index contributed by atoms with van der Waals surface area (Å²) in [6, 6.07) is 7.10. The van der Waals surface area contributed by atoms with Crippen molar-refractivity contribution in [3.8, 4) is 0 Å². The summed E-state index contributed by atoms with van der Waals surface area (Å²) in [4.78, 5) is 22.1. The summed E-state index contributed by atoms with van der Waals surface area (Å²) in [6.45, 7) is 1.95. The van der Waals surface area contributed by atoms with Gasteiger partial charge in [-0.15, -0.1) is 0 Å². The standard InChI is InChI=1S/C12H15IN2O3/c1-8(11(16)17)6-7-14-12(18)15-10-5-3-2-4-9(10)13/h2-5,8H,6-7H2,1H3,(H,16,17)(H2,14,15,18). The van der Waals surface area contributed by atoms with Crippen molar-refractivity contribution in [3.63, 3.8) is 0 Å². The number of benzene rings is 1. The highest BCUT2D eigenvalue weighted by Gasteiger charge is 2.11. The Labute approximate surface area is 119 Å². The third kappa shape index (κ3) is 4.91. The first-order valence-corrected chi connectivity index (χ1v) is 6.60. The molecule has 1 atom stereocenters. The van der Waals surface area contributed by atoms with Crippen LogP contribution in [-0.2, 0) is 4.79 Å². The number of carbonyl (C=O) groups is 2. The number of carbonyl (C=O) groups excluding carboxylic acids is 1. The van der Waals surface area contributed by atoms with Gasteiger partial charge in [0.25, 0.3) is 0 Å². The van der Waals surface area contributed by atoms with E-state index in [9.17, 15) is 9.59 Å². The minimum absolute atomic E-state index is 0.322. The SMILES string of the molecule is CC(CCNC(=O)Nc1ccccc1I)C(=O)O. The van der Waals surface area contributed by atoms with Crippen molar-refractivity contribution in [2.45, 2.75) is 13.3 Å². The Hall–Kier alpha value is -1.31. The molecule has 1 rings (SSSR count). The largest absolute Gasteiger partial charge is 0.481 e. The summed E-state index contributed by atoms with van der Waals surface area (Å²) >= 11 is 2.13. The number of hydrogen-bond acceptors (Lipinski definition) is 2. The molecule has 0 fully saturated rings. The highest BCUT2D eigenvalue weighted by atomic mass is 127. The van der Waals surface area contributed by atoms with Gasteiger partial charge in [0.2, 0.25) is 0 Å². The van der Waals surface area contributed by atoms with Gasteiger partial charge >= 0.3 is 12.0 Å². The van der Waals surface area contributed by atoms with Gasteiger partial charge in [0.1, 0.15) is 0 Å². The summed E-state index contributed by atoms with van der Waals surface area (Å²) in [6.07, 6.45) is 0.411. The van der Waals surface area contributed by atoms with Crippen molar-refractivity contribution in [1.82, 2.24) is 5.32 Å². The zero-order valence-corrected chi connectivity index (χ0v) is 12.1. The number of rotatable bonds is 5. The number of hydrogen-bond donors (Lipinski definition) is 3. The van der Waals surface area contributed by atoms with E-state index in [2.05, 4.69) is 33.2 Å². The molecular weight excluding hydrogens is 347 g/mol. The lowest BCUT2D eigenvalue weighted by atomic mass is 10.1. The van der Waals surface area contributed by atoms with Crippen LogP contribution in [0.2, 0.25) is 0 Å². The fraction of sp³-hybridized carbons (Fsp3) is 0.333. The van der Waals surface area contributed by atoms with Gasteiger partial charge in [0.05, 0.1) is 11.6 Å². The summed E-state index contributed by atoms with van der Waals surface area (Å²) in [5.74, 6) is -1.31. The Morgan fingerprint density at radius 2 is 2.06 bits per heavy atom. The average Bonchev–Trinajstić information content (AvgIpc) is 2.32. The van der Waals surface area contributed by atoms with Crippen LogP contribution in [0.15, 0.2) is 24.3 Å². The van der Waals surface area contributed by atoms with Gasteiger partial charge < -0.3 is 15.7 Å². The number of urea groups is 1. The van der Waals surface area contributed by atoms with Gasteiger partial charge in [0.15, 0.2) is 0 Å². The second-order valence-electron chi connectivity index (χ2n) is 3.89. The molecule has 0 heterocycles. The number of nitrogens with one attached hydrogen (secondary N) is 2. The highest BCUT2D eigenvalue weighted by molar-refractivity contribution is 14.1. The molecule has 0 saturated carbocycles. The summed E-state index contributed by atoms with van der Waals surface area (Å²) in [5.41, 5.74) is 0.738. The van der Waals surface area contributed by atoms with Crippen LogP contribution in [0.3, 0.4) is 0 Å². The molecule has 1 aromatic carbocycles. The lowest BCUT2D eigenvalue weighted by Crippen LogP contribution is -2.31. The number of amides is 2. The maximum atomic E-state index is 11.5. The van der Waals surface area contributed by atoms with E-state index in [-0.39, 0.29) is 6.03 Å². The second kappa shape index (κ2) is 7.20. The third-order valence-electron chi connectivity index (χ3n) is 2.41. The van der Waals surface area contributed by atoms with Crippen LogP contribution >= 0.6 is 22.6 Å². The topological polar surface area (TPSA) is 78.4 Å². The van der Waals surface area contributed by atoms with Gasteiger partial charge in [-0.3, -0.25) is 4.79 Å². The lowest BCUT2D eigenvalue weighted by molar-refractivity contribution is -0.141. The first-order valence-electron chi connectivity index (χ1n) is 5.53. The van der Waals surface area contributed by atoms with Crippen LogP contribution < -0.4 is 10.6 Å². The van der Waals surface area contributed by atoms with Crippen LogP contribution in [0, 0.1) is 9.49 Å². The molecule has 0 bridgehead atoms. The maximum absolute atomic E-state index is 11.5. The quantitative estimate of drug-likeness (QED) is 0.705. The fourth-order valence-corrected chi connectivity index (χ4v) is 1.78. The van der Waals surface area contributed by atoms with E-state index in [1.54, 1.807) is 13.0 Å². The summed E-state index contributed by atoms with van der Waals surface area (Å²) in [5, 5.41) is 14.0. The van der Waals surface area contributed by atoms with Crippen molar-refractivity contribution in [2.24, 2.45) is 5.92 Å². The van der Waals surface area contributed by atoms with E-state index in [0.717, 1.165) is 9.26 Å². The highest BCUT2D eigenvalue weighted by Crippen LogP contribution is 2.16. The average molecular weight is 362 g/mol. The molecular formula is C12H15IN2O3. The van der Waals surface area contributed by atoms with E-state index in [1.165, 1.54) is 0 Å². The molecule has 0 radical (unpaired) electrons. The molecule has 0 saturated heterocycles. The molecule has 1 unspecified atom stereocenters. The minimum atomic E-state index is -0.852. The molecule has 0 aliphatic carbocycles. The molecule has 98 valence electrons.